The first-order chi connectivity index (χ1) is 20.4. The molecule has 0 spiro atoms. The van der Waals surface area contributed by atoms with Crippen molar-refractivity contribution in [2.45, 2.75) is 70.7 Å². The van der Waals surface area contributed by atoms with Gasteiger partial charge in [-0.1, -0.05) is 37.2 Å². The second-order valence-corrected chi connectivity index (χ2v) is 11.8. The van der Waals surface area contributed by atoms with Gasteiger partial charge in [0.2, 0.25) is 0 Å². The number of carbonyl (C=O) groups excluding carboxylic acids is 2. The summed E-state index contributed by atoms with van der Waals surface area (Å²) in [7, 11) is 0. The second kappa shape index (κ2) is 12.2. The van der Waals surface area contributed by atoms with Gasteiger partial charge in [-0.05, 0) is 67.9 Å². The van der Waals surface area contributed by atoms with Crippen molar-refractivity contribution in [3.63, 3.8) is 0 Å². The minimum Gasteiger partial charge on any atom is -0.382 e. The summed E-state index contributed by atoms with van der Waals surface area (Å²) in [5.74, 6) is -0.612. The number of para-hydroxylation sites is 1. The van der Waals surface area contributed by atoms with Gasteiger partial charge in [-0.25, -0.2) is 4.68 Å². The highest BCUT2D eigenvalue weighted by Gasteiger charge is 2.45. The molecule has 1 fully saturated rings. The first kappa shape index (κ1) is 30.3. The normalized spacial score (nSPS) is 20.2. The van der Waals surface area contributed by atoms with Gasteiger partial charge in [-0.3, -0.25) is 9.59 Å². The van der Waals surface area contributed by atoms with E-state index in [0.29, 0.717) is 23.7 Å². The van der Waals surface area contributed by atoms with Gasteiger partial charge in [0.15, 0.2) is 17.2 Å². The van der Waals surface area contributed by atoms with Gasteiger partial charge in [0.05, 0.1) is 41.4 Å². The zero-order valence-electron chi connectivity index (χ0n) is 24.0. The highest BCUT2D eigenvalue weighted by Crippen LogP contribution is 2.42. The lowest BCUT2D eigenvalue weighted by Gasteiger charge is -2.30. The van der Waals surface area contributed by atoms with Crippen LogP contribution >= 0.6 is 0 Å². The predicted octanol–water partition coefficient (Wildman–Crippen LogP) is 5.95. The van der Waals surface area contributed by atoms with Crippen LogP contribution in [-0.2, 0) is 17.3 Å². The minimum atomic E-state index is -4.79. The molecule has 1 heterocycles. The topological polar surface area (TPSA) is 121 Å². The quantitative estimate of drug-likeness (QED) is 0.232. The highest BCUT2D eigenvalue weighted by molar-refractivity contribution is 6.00. The van der Waals surface area contributed by atoms with Crippen molar-refractivity contribution < 1.29 is 32.3 Å². The van der Waals surface area contributed by atoms with Crippen molar-refractivity contribution in [1.82, 2.24) is 9.78 Å². The van der Waals surface area contributed by atoms with Crippen molar-refractivity contribution >= 4 is 23.6 Å². The number of hydrogen-bond donors (Lipinski definition) is 2. The number of amides is 1. The smallest absolute Gasteiger partial charge is 0.382 e. The number of anilines is 1. The molecule has 2 aliphatic rings. The molecule has 12 heteroatoms. The van der Waals surface area contributed by atoms with E-state index < -0.39 is 29.0 Å². The summed E-state index contributed by atoms with van der Waals surface area (Å²) in [6.07, 6.45) is 0.0431. The fourth-order valence-electron chi connectivity index (χ4n) is 5.74. The van der Waals surface area contributed by atoms with E-state index in [2.05, 4.69) is 15.6 Å². The largest absolute Gasteiger partial charge is 0.435 e. The van der Waals surface area contributed by atoms with E-state index in [4.69, 9.17) is 15.3 Å². The Morgan fingerprint density at radius 2 is 1.86 bits per heavy atom. The summed E-state index contributed by atoms with van der Waals surface area (Å²) < 4.78 is 48.9. The standard InChI is InChI=1S/C31H34F3N5O4/c1-30(2)17-25-27(26(40)18-30)28(31(32,33)34)38-39(25)20-10-13-23(29(35)41)24(16-20)37-19-8-11-21(12-9-19)42-15-14-36-43-22-6-4-3-5-7-22/h3-7,10,13-14,16,19,21,37H,8-9,11-12,15,17-18H2,1-2H3,(H2,35,41). The van der Waals surface area contributed by atoms with Crippen molar-refractivity contribution in [2.75, 3.05) is 11.9 Å². The van der Waals surface area contributed by atoms with Crippen LogP contribution in [0.3, 0.4) is 0 Å². The number of oxime groups is 1. The summed E-state index contributed by atoms with van der Waals surface area (Å²) in [5.41, 5.74) is 4.67. The summed E-state index contributed by atoms with van der Waals surface area (Å²) in [6.45, 7) is 3.98. The summed E-state index contributed by atoms with van der Waals surface area (Å²) in [5, 5.41) is 11.2. The molecule has 0 radical (unpaired) electrons. The van der Waals surface area contributed by atoms with Crippen molar-refractivity contribution in [2.24, 2.45) is 16.3 Å². The number of fused-ring (bicyclic) bond motifs is 1. The summed E-state index contributed by atoms with van der Waals surface area (Å²) >= 11 is 0. The molecule has 5 rings (SSSR count). The first-order valence-electron chi connectivity index (χ1n) is 14.2. The fourth-order valence-corrected chi connectivity index (χ4v) is 5.74. The molecule has 2 aliphatic carbocycles. The Labute approximate surface area is 247 Å². The van der Waals surface area contributed by atoms with Crippen LogP contribution in [0.1, 0.15) is 78.1 Å². The van der Waals surface area contributed by atoms with Gasteiger partial charge in [0.25, 0.3) is 5.91 Å². The maximum Gasteiger partial charge on any atom is 0.435 e. The lowest BCUT2D eigenvalue weighted by molar-refractivity contribution is -0.141. The van der Waals surface area contributed by atoms with E-state index in [-0.39, 0.29) is 41.8 Å². The van der Waals surface area contributed by atoms with Crippen molar-refractivity contribution in [3.05, 3.63) is 71.0 Å². The molecule has 1 aromatic heterocycles. The molecular formula is C31H34F3N5O4. The zero-order chi connectivity index (χ0) is 30.8. The fraction of sp³-hybridized carbons (Fsp3) is 0.419. The van der Waals surface area contributed by atoms with E-state index in [1.54, 1.807) is 24.4 Å². The maximum absolute atomic E-state index is 13.9. The molecule has 0 unspecified atom stereocenters. The Morgan fingerprint density at radius 3 is 2.53 bits per heavy atom. The van der Waals surface area contributed by atoms with E-state index in [9.17, 15) is 22.8 Å². The van der Waals surface area contributed by atoms with Gasteiger partial charge >= 0.3 is 6.18 Å². The van der Waals surface area contributed by atoms with Crippen LogP contribution in [0.4, 0.5) is 18.9 Å². The molecule has 1 amide bonds. The number of benzene rings is 2. The number of ether oxygens (including phenoxy) is 1. The molecule has 3 N–H and O–H groups in total. The van der Waals surface area contributed by atoms with Crippen LogP contribution in [-0.4, -0.2) is 46.4 Å². The van der Waals surface area contributed by atoms with E-state index in [1.807, 2.05) is 32.0 Å². The molecule has 0 bridgehead atoms. The number of alkyl halides is 3. The molecule has 43 heavy (non-hydrogen) atoms. The molecule has 1 saturated carbocycles. The molecule has 0 aliphatic heterocycles. The van der Waals surface area contributed by atoms with Crippen molar-refractivity contribution in [3.8, 4) is 11.4 Å². The van der Waals surface area contributed by atoms with Gasteiger partial charge in [0.1, 0.15) is 0 Å². The molecule has 9 nitrogen and oxygen atoms in total. The number of aromatic nitrogens is 2. The van der Waals surface area contributed by atoms with E-state index in [0.717, 1.165) is 25.7 Å². The SMILES string of the molecule is CC1(C)CC(=O)c2c(C(F)(F)F)nn(-c3ccc(C(N)=O)c(NC4CCC(OCC=NOc5ccccc5)CC4)c3)c2C1. The summed E-state index contributed by atoms with van der Waals surface area (Å²) in [4.78, 5) is 30.3. The Bertz CT molecular complexity index is 1510. The number of ketones is 1. The number of nitrogens with zero attached hydrogens (tertiary/aromatic N) is 3. The Kier molecular flexibility index (Phi) is 8.59. The molecule has 0 atom stereocenters. The molecule has 2 aromatic carbocycles. The third kappa shape index (κ3) is 7.07. The number of primary amides is 1. The van der Waals surface area contributed by atoms with Gasteiger partial charge in [-0.15, -0.1) is 0 Å². The number of nitrogens with one attached hydrogen (secondary N) is 1. The lowest BCUT2D eigenvalue weighted by Crippen LogP contribution is -2.31. The predicted molar refractivity (Wildman–Crippen MR) is 155 cm³/mol. The zero-order valence-corrected chi connectivity index (χ0v) is 24.0. The summed E-state index contributed by atoms with van der Waals surface area (Å²) in [6, 6.07) is 13.7. The number of rotatable bonds is 9. The number of nitrogens with two attached hydrogens (primary N) is 1. The average Bonchev–Trinajstić information content (AvgIpc) is 3.33. The Balaban J connectivity index is 1.28. The van der Waals surface area contributed by atoms with Gasteiger partial charge < -0.3 is 20.6 Å². The third-order valence-electron chi connectivity index (χ3n) is 7.74. The van der Waals surface area contributed by atoms with E-state index >= 15 is 0 Å². The highest BCUT2D eigenvalue weighted by atomic mass is 19.4. The van der Waals surface area contributed by atoms with E-state index in [1.165, 1.54) is 16.8 Å². The average molecular weight is 598 g/mol. The lowest BCUT2D eigenvalue weighted by atomic mass is 9.75. The monoisotopic (exact) mass is 597 g/mol. The molecule has 228 valence electrons. The number of halogens is 3. The minimum absolute atomic E-state index is 0.00282. The number of Topliss-reactive ketones (excluding diaryl/α,β-unsaturated/α-hetero) is 1. The molecule has 0 saturated heterocycles. The maximum atomic E-state index is 13.9. The second-order valence-electron chi connectivity index (χ2n) is 11.8. The van der Waals surface area contributed by atoms with Crippen LogP contribution in [0.2, 0.25) is 0 Å². The third-order valence-corrected chi connectivity index (χ3v) is 7.74. The van der Waals surface area contributed by atoms with Gasteiger partial charge in [-0.2, -0.15) is 18.3 Å². The van der Waals surface area contributed by atoms with Crippen LogP contribution in [0.25, 0.3) is 5.69 Å². The van der Waals surface area contributed by atoms with Crippen LogP contribution < -0.4 is 15.9 Å². The first-order valence-corrected chi connectivity index (χ1v) is 14.2. The van der Waals surface area contributed by atoms with Crippen LogP contribution in [0.5, 0.6) is 5.75 Å². The Hall–Kier alpha value is -4.19. The molecule has 3 aromatic rings. The number of carbonyl (C=O) groups is 2. The van der Waals surface area contributed by atoms with Gasteiger partial charge in [0, 0.05) is 18.2 Å². The molecular weight excluding hydrogens is 563 g/mol. The van der Waals surface area contributed by atoms with Crippen LogP contribution in [0.15, 0.2) is 53.7 Å². The van der Waals surface area contributed by atoms with Crippen molar-refractivity contribution in [1.29, 1.82) is 0 Å². The van der Waals surface area contributed by atoms with Crippen LogP contribution in [0, 0.1) is 5.41 Å². The Morgan fingerprint density at radius 1 is 1.14 bits per heavy atom. The number of hydrogen-bond acceptors (Lipinski definition) is 7.